The zero-order chi connectivity index (χ0) is 17.5. The summed E-state index contributed by atoms with van der Waals surface area (Å²) in [7, 11) is 0. The van der Waals surface area contributed by atoms with Gasteiger partial charge < -0.3 is 4.90 Å². The van der Waals surface area contributed by atoms with Crippen LogP contribution in [0.15, 0.2) is 36.5 Å². The molecule has 1 aliphatic rings. The molecule has 0 amide bonds. The van der Waals surface area contributed by atoms with E-state index in [1.54, 1.807) is 0 Å². The largest absolute Gasteiger partial charge is 0.373 e. The summed E-state index contributed by atoms with van der Waals surface area (Å²) >= 11 is 0. The zero-order valence-electron chi connectivity index (χ0n) is 16.2. The fourth-order valence-corrected chi connectivity index (χ4v) is 3.52. The van der Waals surface area contributed by atoms with E-state index in [1.807, 2.05) is 0 Å². The predicted octanol–water partition coefficient (Wildman–Crippen LogP) is 4.75. The Morgan fingerprint density at radius 1 is 0.958 bits per heavy atom. The molecule has 1 aliphatic heterocycles. The van der Waals surface area contributed by atoms with Gasteiger partial charge in [-0.2, -0.15) is 0 Å². The highest BCUT2D eigenvalue weighted by Crippen LogP contribution is 2.17. The van der Waals surface area contributed by atoms with Gasteiger partial charge in [0.25, 0.3) is 0 Å². The summed E-state index contributed by atoms with van der Waals surface area (Å²) < 4.78 is 0. The van der Waals surface area contributed by atoms with Gasteiger partial charge in [-0.15, -0.1) is 0 Å². The molecule has 0 atom stereocenters. The lowest BCUT2D eigenvalue weighted by atomic mass is 10.00. The highest BCUT2D eigenvalue weighted by molar-refractivity contribution is 5.23. The molecule has 1 aromatic rings. The van der Waals surface area contributed by atoms with E-state index in [1.165, 1.54) is 42.8 Å². The minimum Gasteiger partial charge on any atom is -0.373 e. The molecule has 2 heteroatoms. The zero-order valence-corrected chi connectivity index (χ0v) is 16.2. The lowest BCUT2D eigenvalue weighted by Gasteiger charge is -2.39. The monoisotopic (exact) mass is 328 g/mol. The molecule has 2 rings (SSSR count). The summed E-state index contributed by atoms with van der Waals surface area (Å²) in [6, 6.07) is 9.88. The van der Waals surface area contributed by atoms with Crippen LogP contribution >= 0.6 is 0 Å². The first-order chi connectivity index (χ1) is 11.5. The molecule has 0 bridgehead atoms. The van der Waals surface area contributed by atoms with Crippen molar-refractivity contribution in [3.63, 3.8) is 0 Å². The van der Waals surface area contributed by atoms with Crippen LogP contribution in [0.4, 0.5) is 0 Å². The first-order valence-electron chi connectivity index (χ1n) is 9.70. The lowest BCUT2D eigenvalue weighted by Crippen LogP contribution is -2.48. The molecule has 134 valence electrons. The Kier molecular flexibility index (Phi) is 7.36. The van der Waals surface area contributed by atoms with Crippen LogP contribution in [0.2, 0.25) is 0 Å². The maximum atomic E-state index is 4.33. The highest BCUT2D eigenvalue weighted by Gasteiger charge is 2.19. The maximum absolute atomic E-state index is 4.33. The normalized spacial score (nSPS) is 16.2. The fourth-order valence-electron chi connectivity index (χ4n) is 3.52. The van der Waals surface area contributed by atoms with Gasteiger partial charge in [0.2, 0.25) is 0 Å². The van der Waals surface area contributed by atoms with Crippen LogP contribution in [0.3, 0.4) is 0 Å². The van der Waals surface area contributed by atoms with E-state index in [-0.39, 0.29) is 0 Å². The van der Waals surface area contributed by atoms with E-state index in [0.717, 1.165) is 31.8 Å². The Morgan fingerprint density at radius 2 is 1.54 bits per heavy atom. The van der Waals surface area contributed by atoms with E-state index < -0.39 is 0 Å². The Bertz CT molecular complexity index is 493. The van der Waals surface area contributed by atoms with E-state index in [0.29, 0.717) is 6.04 Å². The minimum absolute atomic E-state index is 0.666. The van der Waals surface area contributed by atoms with Gasteiger partial charge in [-0.1, -0.05) is 44.7 Å². The first kappa shape index (κ1) is 19.1. The quantitative estimate of drug-likeness (QED) is 0.679. The molecule has 1 fully saturated rings. The van der Waals surface area contributed by atoms with E-state index in [4.69, 9.17) is 0 Å². The molecule has 2 nitrogen and oxygen atoms in total. The topological polar surface area (TPSA) is 6.48 Å². The SMILES string of the molecule is C=C(CCCc1ccc(CC(C)C)cc1)N1CCN(C(C)C)CC1. The molecule has 0 aliphatic carbocycles. The van der Waals surface area contributed by atoms with E-state index >= 15 is 0 Å². The van der Waals surface area contributed by atoms with Crippen molar-refractivity contribution in [2.75, 3.05) is 26.2 Å². The number of hydrogen-bond acceptors (Lipinski definition) is 2. The number of allylic oxidation sites excluding steroid dienone is 1. The van der Waals surface area contributed by atoms with Gasteiger partial charge in [0.05, 0.1) is 0 Å². The van der Waals surface area contributed by atoms with Gasteiger partial charge in [0, 0.05) is 37.9 Å². The van der Waals surface area contributed by atoms with Gasteiger partial charge in [-0.05, 0) is 56.6 Å². The summed E-state index contributed by atoms with van der Waals surface area (Å²) in [4.78, 5) is 5.05. The van der Waals surface area contributed by atoms with E-state index in [9.17, 15) is 0 Å². The van der Waals surface area contributed by atoms with Gasteiger partial charge in [-0.25, -0.2) is 0 Å². The Hall–Kier alpha value is -1.28. The van der Waals surface area contributed by atoms with Gasteiger partial charge in [0.15, 0.2) is 0 Å². The summed E-state index contributed by atoms with van der Waals surface area (Å²) in [6.07, 6.45) is 4.66. The highest BCUT2D eigenvalue weighted by atomic mass is 15.3. The molecular formula is C22H36N2. The Labute approximate surface area is 149 Å². The number of nitrogens with zero attached hydrogens (tertiary/aromatic N) is 2. The smallest absolute Gasteiger partial charge is 0.0303 e. The fraction of sp³-hybridized carbons (Fsp3) is 0.636. The van der Waals surface area contributed by atoms with Crippen molar-refractivity contribution in [2.24, 2.45) is 5.92 Å². The van der Waals surface area contributed by atoms with Crippen LogP contribution in [0.25, 0.3) is 0 Å². The molecule has 0 unspecified atom stereocenters. The molecule has 1 saturated heterocycles. The second kappa shape index (κ2) is 9.27. The summed E-state index contributed by atoms with van der Waals surface area (Å²) in [5.74, 6) is 0.732. The Morgan fingerprint density at radius 3 is 2.08 bits per heavy atom. The second-order valence-electron chi connectivity index (χ2n) is 7.95. The molecule has 0 spiro atoms. The van der Waals surface area contributed by atoms with Crippen LogP contribution in [0.1, 0.15) is 51.7 Å². The summed E-state index contributed by atoms with van der Waals surface area (Å²) in [5, 5.41) is 0. The number of piperazine rings is 1. The standard InChI is InChI=1S/C22H36N2/c1-18(2)17-22-11-9-21(10-12-22)8-6-7-20(5)24-15-13-23(14-16-24)19(3)4/h9-12,18-19H,5-8,13-17H2,1-4H3. The van der Waals surface area contributed by atoms with Crippen molar-refractivity contribution in [3.05, 3.63) is 47.7 Å². The van der Waals surface area contributed by atoms with Crippen molar-refractivity contribution < 1.29 is 0 Å². The van der Waals surface area contributed by atoms with Crippen molar-refractivity contribution in [1.82, 2.24) is 9.80 Å². The van der Waals surface area contributed by atoms with E-state index in [2.05, 4.69) is 68.3 Å². The summed E-state index contributed by atoms with van der Waals surface area (Å²) in [6.45, 7) is 18.1. The van der Waals surface area contributed by atoms with Gasteiger partial charge >= 0.3 is 0 Å². The lowest BCUT2D eigenvalue weighted by molar-refractivity contribution is 0.128. The van der Waals surface area contributed by atoms with Crippen molar-refractivity contribution in [1.29, 1.82) is 0 Å². The molecule has 0 N–H and O–H groups in total. The third-order valence-corrected chi connectivity index (χ3v) is 5.09. The third kappa shape index (κ3) is 5.98. The molecule has 1 heterocycles. The molecular weight excluding hydrogens is 292 g/mol. The van der Waals surface area contributed by atoms with Crippen molar-refractivity contribution in [2.45, 2.75) is 59.4 Å². The van der Waals surface area contributed by atoms with Gasteiger partial charge in [0.1, 0.15) is 0 Å². The second-order valence-corrected chi connectivity index (χ2v) is 7.95. The van der Waals surface area contributed by atoms with Crippen LogP contribution in [0.5, 0.6) is 0 Å². The third-order valence-electron chi connectivity index (χ3n) is 5.09. The van der Waals surface area contributed by atoms with Crippen molar-refractivity contribution in [3.8, 4) is 0 Å². The molecule has 24 heavy (non-hydrogen) atoms. The average molecular weight is 329 g/mol. The van der Waals surface area contributed by atoms with Crippen LogP contribution < -0.4 is 0 Å². The number of hydrogen-bond donors (Lipinski definition) is 0. The number of benzene rings is 1. The molecule has 0 saturated carbocycles. The van der Waals surface area contributed by atoms with Crippen molar-refractivity contribution >= 4 is 0 Å². The molecule has 0 aromatic heterocycles. The molecule has 0 radical (unpaired) electrons. The van der Waals surface area contributed by atoms with Crippen LogP contribution in [-0.4, -0.2) is 42.0 Å². The molecule has 1 aromatic carbocycles. The maximum Gasteiger partial charge on any atom is 0.0303 e. The predicted molar refractivity (Wildman–Crippen MR) is 105 cm³/mol. The van der Waals surface area contributed by atoms with Gasteiger partial charge in [-0.3, -0.25) is 4.90 Å². The first-order valence-corrected chi connectivity index (χ1v) is 9.70. The Balaban J connectivity index is 1.69. The summed E-state index contributed by atoms with van der Waals surface area (Å²) in [5.41, 5.74) is 4.25. The van der Waals surface area contributed by atoms with Crippen LogP contribution in [0, 0.1) is 5.92 Å². The average Bonchev–Trinajstić information content (AvgIpc) is 2.56. The van der Waals surface area contributed by atoms with Crippen LogP contribution in [-0.2, 0) is 12.8 Å². The number of aryl methyl sites for hydroxylation is 1. The minimum atomic E-state index is 0.666. The number of rotatable bonds is 8.